The van der Waals surface area contributed by atoms with Gasteiger partial charge in [0.05, 0.1) is 17.6 Å². The van der Waals surface area contributed by atoms with E-state index in [1.165, 1.54) is 23.5 Å². The summed E-state index contributed by atoms with van der Waals surface area (Å²) in [7, 11) is -2.45. The SMILES string of the molecule is COC(=O)c1ccccc1S(=O)(=O)N1CCC=C(C)C1. The number of sulfonamides is 1. The second-order valence-corrected chi connectivity index (χ2v) is 6.57. The number of rotatable bonds is 3. The first-order valence-corrected chi connectivity index (χ1v) is 7.74. The molecule has 0 amide bonds. The molecule has 1 aliphatic heterocycles. The van der Waals surface area contributed by atoms with Crippen molar-refractivity contribution in [1.29, 1.82) is 0 Å². The van der Waals surface area contributed by atoms with Crippen LogP contribution in [0.25, 0.3) is 0 Å². The van der Waals surface area contributed by atoms with Crippen LogP contribution in [-0.4, -0.2) is 38.9 Å². The van der Waals surface area contributed by atoms with Gasteiger partial charge in [-0.05, 0) is 25.5 Å². The molecule has 0 fully saturated rings. The molecule has 0 radical (unpaired) electrons. The van der Waals surface area contributed by atoms with Crippen LogP contribution in [0.5, 0.6) is 0 Å². The highest BCUT2D eigenvalue weighted by Crippen LogP contribution is 2.23. The predicted molar refractivity (Wildman–Crippen MR) is 74.9 cm³/mol. The van der Waals surface area contributed by atoms with Gasteiger partial charge in [-0.25, -0.2) is 13.2 Å². The van der Waals surface area contributed by atoms with Gasteiger partial charge in [0, 0.05) is 13.1 Å². The van der Waals surface area contributed by atoms with Gasteiger partial charge in [-0.3, -0.25) is 0 Å². The van der Waals surface area contributed by atoms with E-state index in [9.17, 15) is 13.2 Å². The molecule has 0 N–H and O–H groups in total. The van der Waals surface area contributed by atoms with Gasteiger partial charge >= 0.3 is 5.97 Å². The van der Waals surface area contributed by atoms with E-state index in [1.807, 2.05) is 13.0 Å². The molecule has 1 aromatic rings. The van der Waals surface area contributed by atoms with Crippen LogP contribution in [0.15, 0.2) is 40.8 Å². The Bertz CT molecular complexity index is 649. The maximum absolute atomic E-state index is 12.7. The summed E-state index contributed by atoms with van der Waals surface area (Å²) in [5.41, 5.74) is 1.08. The average molecular weight is 295 g/mol. The number of ether oxygens (including phenoxy) is 1. The normalized spacial score (nSPS) is 16.6. The zero-order valence-electron chi connectivity index (χ0n) is 11.5. The van der Waals surface area contributed by atoms with Gasteiger partial charge in [0.25, 0.3) is 0 Å². The summed E-state index contributed by atoms with van der Waals surface area (Å²) in [6.07, 6.45) is 2.71. The molecular formula is C14H17NO4S. The molecule has 1 heterocycles. The van der Waals surface area contributed by atoms with Gasteiger partial charge < -0.3 is 4.74 Å². The van der Waals surface area contributed by atoms with Crippen LogP contribution in [0.1, 0.15) is 23.7 Å². The molecule has 0 bridgehead atoms. The lowest BCUT2D eigenvalue weighted by atomic mass is 10.2. The van der Waals surface area contributed by atoms with Crippen molar-refractivity contribution in [2.24, 2.45) is 0 Å². The van der Waals surface area contributed by atoms with E-state index in [0.29, 0.717) is 19.5 Å². The van der Waals surface area contributed by atoms with E-state index >= 15 is 0 Å². The van der Waals surface area contributed by atoms with Gasteiger partial charge in [0.1, 0.15) is 0 Å². The number of benzene rings is 1. The molecular weight excluding hydrogens is 278 g/mol. The van der Waals surface area contributed by atoms with Crippen molar-refractivity contribution in [1.82, 2.24) is 4.31 Å². The van der Waals surface area contributed by atoms with Crippen molar-refractivity contribution in [3.63, 3.8) is 0 Å². The van der Waals surface area contributed by atoms with Crippen LogP contribution in [0.3, 0.4) is 0 Å². The Morgan fingerprint density at radius 3 is 2.65 bits per heavy atom. The van der Waals surface area contributed by atoms with Crippen LogP contribution in [-0.2, 0) is 14.8 Å². The standard InChI is InChI=1S/C14H17NO4S/c1-11-6-5-9-15(10-11)20(17,18)13-8-4-3-7-12(13)14(16)19-2/h3-4,6-8H,5,9-10H2,1-2H3. The number of hydrogen-bond donors (Lipinski definition) is 0. The predicted octanol–water partition coefficient (Wildman–Crippen LogP) is 1.81. The second kappa shape index (κ2) is 5.76. The Morgan fingerprint density at radius 1 is 1.30 bits per heavy atom. The molecule has 20 heavy (non-hydrogen) atoms. The Kier molecular flexibility index (Phi) is 4.25. The molecule has 108 valence electrons. The monoisotopic (exact) mass is 295 g/mol. The average Bonchev–Trinajstić information content (AvgIpc) is 2.46. The number of hydrogen-bond acceptors (Lipinski definition) is 4. The summed E-state index contributed by atoms with van der Waals surface area (Å²) in [6.45, 7) is 2.68. The lowest BCUT2D eigenvalue weighted by Gasteiger charge is -2.26. The van der Waals surface area contributed by atoms with Crippen LogP contribution in [0.2, 0.25) is 0 Å². The number of carbonyl (C=O) groups excluding carboxylic acids is 1. The summed E-state index contributed by atoms with van der Waals surface area (Å²) in [6, 6.07) is 6.12. The third kappa shape index (κ3) is 2.76. The summed E-state index contributed by atoms with van der Waals surface area (Å²) >= 11 is 0. The van der Waals surface area contributed by atoms with Gasteiger partial charge in [-0.15, -0.1) is 0 Å². The fraction of sp³-hybridized carbons (Fsp3) is 0.357. The number of esters is 1. The lowest BCUT2D eigenvalue weighted by Crippen LogP contribution is -2.36. The molecule has 0 aliphatic carbocycles. The number of methoxy groups -OCH3 is 1. The van der Waals surface area contributed by atoms with Crippen molar-refractivity contribution >= 4 is 16.0 Å². The molecule has 0 aromatic heterocycles. The zero-order chi connectivity index (χ0) is 14.8. The molecule has 2 rings (SSSR count). The molecule has 0 saturated heterocycles. The van der Waals surface area contributed by atoms with Crippen LogP contribution in [0.4, 0.5) is 0 Å². The second-order valence-electron chi connectivity index (χ2n) is 4.67. The highest BCUT2D eigenvalue weighted by atomic mass is 32.2. The first-order valence-electron chi connectivity index (χ1n) is 6.30. The first-order chi connectivity index (χ1) is 9.46. The minimum atomic E-state index is -3.69. The Balaban J connectivity index is 2.45. The van der Waals surface area contributed by atoms with E-state index in [-0.39, 0.29) is 10.5 Å². The summed E-state index contributed by atoms with van der Waals surface area (Å²) in [4.78, 5) is 11.7. The summed E-state index contributed by atoms with van der Waals surface area (Å²) < 4.78 is 31.4. The molecule has 5 nitrogen and oxygen atoms in total. The lowest BCUT2D eigenvalue weighted by molar-refractivity contribution is 0.0596. The summed E-state index contributed by atoms with van der Waals surface area (Å²) in [5.74, 6) is -0.645. The van der Waals surface area contributed by atoms with Crippen molar-refractivity contribution in [3.8, 4) is 0 Å². The highest BCUT2D eigenvalue weighted by molar-refractivity contribution is 7.89. The van der Waals surface area contributed by atoms with Crippen LogP contribution < -0.4 is 0 Å². The van der Waals surface area contributed by atoms with Crippen molar-refractivity contribution in [3.05, 3.63) is 41.5 Å². The van der Waals surface area contributed by atoms with E-state index in [1.54, 1.807) is 12.1 Å². The summed E-state index contributed by atoms with van der Waals surface area (Å²) in [5, 5.41) is 0. The first kappa shape index (κ1) is 14.7. The molecule has 0 spiro atoms. The van der Waals surface area contributed by atoms with Crippen molar-refractivity contribution < 1.29 is 17.9 Å². The fourth-order valence-electron chi connectivity index (χ4n) is 2.19. The third-order valence-corrected chi connectivity index (χ3v) is 5.11. The van der Waals surface area contributed by atoms with Gasteiger partial charge in [0.2, 0.25) is 10.0 Å². The van der Waals surface area contributed by atoms with E-state index in [2.05, 4.69) is 4.74 Å². The smallest absolute Gasteiger partial charge is 0.339 e. The molecule has 1 aliphatic rings. The molecule has 0 unspecified atom stereocenters. The van der Waals surface area contributed by atoms with Crippen LogP contribution >= 0.6 is 0 Å². The molecule has 0 atom stereocenters. The fourth-order valence-corrected chi connectivity index (χ4v) is 3.87. The van der Waals surface area contributed by atoms with Crippen molar-refractivity contribution in [2.75, 3.05) is 20.2 Å². The third-order valence-electron chi connectivity index (χ3n) is 3.21. The zero-order valence-corrected chi connectivity index (χ0v) is 12.3. The van der Waals surface area contributed by atoms with E-state index in [0.717, 1.165) is 5.57 Å². The topological polar surface area (TPSA) is 63.7 Å². The van der Waals surface area contributed by atoms with E-state index < -0.39 is 16.0 Å². The highest BCUT2D eigenvalue weighted by Gasteiger charge is 2.29. The Labute approximate surface area is 118 Å². The van der Waals surface area contributed by atoms with Crippen molar-refractivity contribution in [2.45, 2.75) is 18.2 Å². The van der Waals surface area contributed by atoms with Gasteiger partial charge in [-0.2, -0.15) is 4.31 Å². The maximum Gasteiger partial charge on any atom is 0.339 e. The molecule has 6 heteroatoms. The number of nitrogens with zero attached hydrogens (tertiary/aromatic N) is 1. The molecule has 0 saturated carbocycles. The van der Waals surface area contributed by atoms with Gasteiger partial charge in [0.15, 0.2) is 0 Å². The number of carbonyl (C=O) groups is 1. The van der Waals surface area contributed by atoms with Crippen LogP contribution in [0, 0.1) is 0 Å². The Morgan fingerprint density at radius 2 is 2.00 bits per heavy atom. The maximum atomic E-state index is 12.7. The van der Waals surface area contributed by atoms with Gasteiger partial charge in [-0.1, -0.05) is 23.8 Å². The minimum absolute atomic E-state index is 0.00144. The quantitative estimate of drug-likeness (QED) is 0.630. The Hall–Kier alpha value is -1.66. The molecule has 1 aromatic carbocycles. The minimum Gasteiger partial charge on any atom is -0.465 e. The van der Waals surface area contributed by atoms with E-state index in [4.69, 9.17) is 0 Å². The largest absolute Gasteiger partial charge is 0.465 e.